The summed E-state index contributed by atoms with van der Waals surface area (Å²) in [5.41, 5.74) is -2.43. The standard InChI is InChI=1S/C18H9F4N5OS/c19-18(20,21)13-3-1-2-4-15(13)26(22)17-12(8-23)16(28)27(29-17)11-5-6-14-10(7-11)9-24-25-14/h1-7,9H,(H,24,25). The Morgan fingerprint density at radius 2 is 1.97 bits per heavy atom. The molecule has 0 aliphatic carbocycles. The molecule has 0 atom stereocenters. The van der Waals surface area contributed by atoms with Crippen molar-refractivity contribution >= 4 is 33.1 Å². The van der Waals surface area contributed by atoms with E-state index in [2.05, 4.69) is 10.2 Å². The zero-order valence-electron chi connectivity index (χ0n) is 14.2. The zero-order chi connectivity index (χ0) is 20.8. The maximum absolute atomic E-state index is 15.0. The van der Waals surface area contributed by atoms with Gasteiger partial charge >= 0.3 is 6.18 Å². The minimum atomic E-state index is -4.81. The number of nitrogens with one attached hydrogen (secondary N) is 1. The Balaban J connectivity index is 1.87. The molecule has 0 saturated heterocycles. The fourth-order valence-electron chi connectivity index (χ4n) is 2.82. The Kier molecular flexibility index (Phi) is 4.35. The van der Waals surface area contributed by atoms with Crippen LogP contribution in [0, 0.1) is 11.3 Å². The Morgan fingerprint density at radius 3 is 2.69 bits per heavy atom. The quantitative estimate of drug-likeness (QED) is 0.386. The molecule has 4 rings (SSSR count). The van der Waals surface area contributed by atoms with Gasteiger partial charge in [-0.25, -0.2) is 3.96 Å². The van der Waals surface area contributed by atoms with Gasteiger partial charge in [0.1, 0.15) is 6.07 Å². The van der Waals surface area contributed by atoms with Gasteiger partial charge in [0.25, 0.3) is 5.56 Å². The zero-order valence-corrected chi connectivity index (χ0v) is 15.1. The average Bonchev–Trinajstić information content (AvgIpc) is 3.30. The van der Waals surface area contributed by atoms with E-state index in [1.54, 1.807) is 24.3 Å². The third-order valence-corrected chi connectivity index (χ3v) is 5.26. The molecule has 0 unspecified atom stereocenters. The van der Waals surface area contributed by atoms with Crippen molar-refractivity contribution in [3.63, 3.8) is 0 Å². The Bertz CT molecular complexity index is 1310. The fourth-order valence-corrected chi connectivity index (χ4v) is 3.78. The molecular weight excluding hydrogens is 410 g/mol. The molecule has 0 amide bonds. The molecule has 0 aliphatic rings. The van der Waals surface area contributed by atoms with Crippen LogP contribution in [0.4, 0.5) is 28.3 Å². The fraction of sp³-hybridized carbons (Fsp3) is 0.0556. The molecule has 4 aromatic rings. The minimum absolute atomic E-state index is 0.277. The number of fused-ring (bicyclic) bond motifs is 1. The minimum Gasteiger partial charge on any atom is -0.278 e. The summed E-state index contributed by atoms with van der Waals surface area (Å²) in [4.78, 5) is 12.6. The molecule has 0 aliphatic heterocycles. The van der Waals surface area contributed by atoms with Crippen LogP contribution in [-0.4, -0.2) is 14.2 Å². The van der Waals surface area contributed by atoms with Crippen LogP contribution in [0.1, 0.15) is 11.1 Å². The van der Waals surface area contributed by atoms with Crippen molar-refractivity contribution in [2.75, 3.05) is 5.12 Å². The first-order valence-corrected chi connectivity index (χ1v) is 8.80. The molecule has 0 bridgehead atoms. The van der Waals surface area contributed by atoms with E-state index in [0.29, 0.717) is 28.1 Å². The summed E-state index contributed by atoms with van der Waals surface area (Å²) in [5.74, 6) is 0. The molecule has 0 spiro atoms. The number of anilines is 2. The Hall–Kier alpha value is -3.65. The maximum Gasteiger partial charge on any atom is 0.418 e. The van der Waals surface area contributed by atoms with Gasteiger partial charge in [0.05, 0.1) is 28.7 Å². The first-order valence-electron chi connectivity index (χ1n) is 8.03. The van der Waals surface area contributed by atoms with Crippen molar-refractivity contribution in [2.45, 2.75) is 6.18 Å². The number of H-pyrrole nitrogens is 1. The third kappa shape index (κ3) is 3.13. The molecule has 0 radical (unpaired) electrons. The van der Waals surface area contributed by atoms with Crippen LogP contribution in [-0.2, 0) is 6.18 Å². The monoisotopic (exact) mass is 419 g/mol. The van der Waals surface area contributed by atoms with E-state index in [0.717, 1.165) is 22.2 Å². The van der Waals surface area contributed by atoms with Gasteiger partial charge in [-0.1, -0.05) is 16.6 Å². The topological polar surface area (TPSA) is 77.7 Å². The summed E-state index contributed by atoms with van der Waals surface area (Å²) in [6, 6.07) is 10.4. The van der Waals surface area contributed by atoms with Crippen LogP contribution in [0.15, 0.2) is 53.5 Å². The van der Waals surface area contributed by atoms with Crippen LogP contribution >= 0.6 is 11.5 Å². The van der Waals surface area contributed by atoms with Gasteiger partial charge in [-0.3, -0.25) is 9.89 Å². The second-order valence-electron chi connectivity index (χ2n) is 5.92. The summed E-state index contributed by atoms with van der Waals surface area (Å²) < 4.78 is 55.8. The van der Waals surface area contributed by atoms with E-state index in [1.807, 2.05) is 0 Å². The number of rotatable bonds is 3. The molecule has 2 heterocycles. The van der Waals surface area contributed by atoms with Gasteiger partial charge in [-0.15, -0.1) is 0 Å². The number of nitriles is 1. The molecule has 1 N–H and O–H groups in total. The van der Waals surface area contributed by atoms with Crippen molar-refractivity contribution in [1.82, 2.24) is 14.2 Å². The number of benzene rings is 2. The predicted molar refractivity (Wildman–Crippen MR) is 99.0 cm³/mol. The molecule has 2 aromatic carbocycles. The number of alkyl halides is 3. The second-order valence-corrected chi connectivity index (χ2v) is 6.85. The summed E-state index contributed by atoms with van der Waals surface area (Å²) in [7, 11) is 0. The van der Waals surface area contributed by atoms with Gasteiger partial charge in [0.2, 0.25) is 0 Å². The van der Waals surface area contributed by atoms with Crippen LogP contribution in [0.25, 0.3) is 16.6 Å². The average molecular weight is 419 g/mol. The van der Waals surface area contributed by atoms with Crippen molar-refractivity contribution in [3.8, 4) is 11.8 Å². The van der Waals surface area contributed by atoms with Gasteiger partial charge in [-0.2, -0.15) is 28.7 Å². The first kappa shape index (κ1) is 18.7. The highest BCUT2D eigenvalue weighted by Crippen LogP contribution is 2.41. The molecular formula is C18H9F4N5OS. The smallest absolute Gasteiger partial charge is 0.278 e. The largest absolute Gasteiger partial charge is 0.418 e. The lowest BCUT2D eigenvalue weighted by atomic mass is 10.1. The molecule has 6 nitrogen and oxygen atoms in total. The van der Waals surface area contributed by atoms with Crippen LogP contribution < -0.4 is 10.7 Å². The lowest BCUT2D eigenvalue weighted by molar-refractivity contribution is -0.137. The summed E-state index contributed by atoms with van der Waals surface area (Å²) in [5, 5.41) is 15.8. The van der Waals surface area contributed by atoms with Gasteiger partial charge in [0, 0.05) is 5.39 Å². The van der Waals surface area contributed by atoms with Crippen molar-refractivity contribution in [2.24, 2.45) is 0 Å². The summed E-state index contributed by atoms with van der Waals surface area (Å²) in [6.07, 6.45) is -3.29. The number of hydrogen-bond donors (Lipinski definition) is 1. The molecule has 2 aromatic heterocycles. The SMILES string of the molecule is N#Cc1c(N(F)c2ccccc2C(F)(F)F)sn(-c2ccc3[nH]ncc3c2)c1=O. The number of hydrogen-bond acceptors (Lipinski definition) is 5. The number of para-hydroxylation sites is 1. The van der Waals surface area contributed by atoms with E-state index in [9.17, 15) is 23.2 Å². The van der Waals surface area contributed by atoms with E-state index in [-0.39, 0.29) is 5.12 Å². The molecule has 0 saturated carbocycles. The Labute approximate surface area is 163 Å². The van der Waals surface area contributed by atoms with E-state index in [4.69, 9.17) is 0 Å². The van der Waals surface area contributed by atoms with Gasteiger partial charge in [-0.05, 0) is 41.9 Å². The lowest BCUT2D eigenvalue weighted by Crippen LogP contribution is -2.15. The highest BCUT2D eigenvalue weighted by atomic mass is 32.1. The maximum atomic E-state index is 15.0. The van der Waals surface area contributed by atoms with E-state index < -0.39 is 33.6 Å². The summed E-state index contributed by atoms with van der Waals surface area (Å²) in [6.45, 7) is 0. The highest BCUT2D eigenvalue weighted by Gasteiger charge is 2.36. The van der Waals surface area contributed by atoms with E-state index >= 15 is 4.48 Å². The van der Waals surface area contributed by atoms with E-state index in [1.165, 1.54) is 12.3 Å². The van der Waals surface area contributed by atoms with Gasteiger partial charge < -0.3 is 0 Å². The Morgan fingerprint density at radius 1 is 1.21 bits per heavy atom. The molecule has 0 fully saturated rings. The normalized spacial score (nSPS) is 11.6. The highest BCUT2D eigenvalue weighted by molar-refractivity contribution is 7.11. The lowest BCUT2D eigenvalue weighted by Gasteiger charge is -2.17. The number of nitrogens with zero attached hydrogens (tertiary/aromatic N) is 4. The van der Waals surface area contributed by atoms with Gasteiger partial charge in [0.15, 0.2) is 10.6 Å². The summed E-state index contributed by atoms with van der Waals surface area (Å²) >= 11 is 0.532. The molecule has 146 valence electrons. The third-order valence-electron chi connectivity index (χ3n) is 4.16. The van der Waals surface area contributed by atoms with Crippen molar-refractivity contribution < 1.29 is 17.7 Å². The number of aromatic amines is 1. The van der Waals surface area contributed by atoms with Crippen LogP contribution in [0.5, 0.6) is 0 Å². The van der Waals surface area contributed by atoms with Crippen LogP contribution in [0.2, 0.25) is 0 Å². The molecule has 29 heavy (non-hydrogen) atoms. The molecule has 11 heteroatoms. The van der Waals surface area contributed by atoms with Crippen molar-refractivity contribution in [3.05, 3.63) is 70.1 Å². The first-order chi connectivity index (χ1) is 13.8. The van der Waals surface area contributed by atoms with Crippen molar-refractivity contribution in [1.29, 1.82) is 5.26 Å². The number of halogens is 4. The predicted octanol–water partition coefficient (Wildman–Crippen LogP) is 4.69. The van der Waals surface area contributed by atoms with Crippen LogP contribution in [0.3, 0.4) is 0 Å². The number of aromatic nitrogens is 3. The second kappa shape index (κ2) is 6.75.